The van der Waals surface area contributed by atoms with Gasteiger partial charge < -0.3 is 46.0 Å². The summed E-state index contributed by atoms with van der Waals surface area (Å²) in [5.74, 6) is -2.68. The van der Waals surface area contributed by atoms with E-state index in [0.717, 1.165) is 12.8 Å². The first-order valence-corrected chi connectivity index (χ1v) is 13.0. The molecule has 9 nitrogen and oxygen atoms in total. The van der Waals surface area contributed by atoms with Crippen LogP contribution in [0.4, 0.5) is 0 Å². The van der Waals surface area contributed by atoms with Crippen molar-refractivity contribution in [2.75, 3.05) is 26.4 Å². The zero-order chi connectivity index (χ0) is 25.2. The molecule has 0 radical (unpaired) electrons. The van der Waals surface area contributed by atoms with Crippen molar-refractivity contribution in [3.63, 3.8) is 0 Å². The van der Waals surface area contributed by atoms with Crippen LogP contribution in [-0.4, -0.2) is 103 Å². The molecule has 3 fully saturated rings. The summed E-state index contributed by atoms with van der Waals surface area (Å²) in [6.45, 7) is 0.928. The fraction of sp³-hybridized carbons (Fsp3) is 1.00. The molecule has 12 unspecified atom stereocenters. The minimum Gasteiger partial charge on any atom is -0.396 e. The Bertz CT molecular complexity index is 571. The summed E-state index contributed by atoms with van der Waals surface area (Å²) in [5, 5.41) is 92.4. The van der Waals surface area contributed by atoms with Crippen molar-refractivity contribution in [3.05, 3.63) is 0 Å². The maximum Gasteiger partial charge on any atom is 0.0665 e. The zero-order valence-corrected chi connectivity index (χ0v) is 20.2. The van der Waals surface area contributed by atoms with Crippen LogP contribution in [0.3, 0.4) is 0 Å². The van der Waals surface area contributed by atoms with Gasteiger partial charge in [0.1, 0.15) is 0 Å². The molecule has 0 aliphatic heterocycles. The molecular weight excluding hydrogens is 444 g/mol. The Morgan fingerprint density at radius 3 is 1.09 bits per heavy atom. The van der Waals surface area contributed by atoms with Gasteiger partial charge in [0.05, 0.1) is 43.7 Å². The number of aliphatic hydroxyl groups is 9. The summed E-state index contributed by atoms with van der Waals surface area (Å²) in [6.07, 6.45) is -0.970. The van der Waals surface area contributed by atoms with Crippen LogP contribution in [0.5, 0.6) is 0 Å². The summed E-state index contributed by atoms with van der Waals surface area (Å²) in [5.41, 5.74) is 0. The molecule has 9 N–H and O–H groups in total. The summed E-state index contributed by atoms with van der Waals surface area (Å²) < 4.78 is 0. The van der Waals surface area contributed by atoms with Crippen molar-refractivity contribution >= 4 is 0 Å². The molecule has 200 valence electrons. The van der Waals surface area contributed by atoms with Gasteiger partial charge in [-0.2, -0.15) is 0 Å². The molecule has 3 aliphatic rings. The topological polar surface area (TPSA) is 182 Å². The zero-order valence-electron chi connectivity index (χ0n) is 20.2. The minimum atomic E-state index is -0.966. The van der Waals surface area contributed by atoms with E-state index in [1.165, 1.54) is 0 Å². The third kappa shape index (κ3) is 5.79. The molecule has 0 aromatic rings. The Morgan fingerprint density at radius 2 is 0.765 bits per heavy atom. The van der Waals surface area contributed by atoms with Gasteiger partial charge in [0.15, 0.2) is 0 Å². The lowest BCUT2D eigenvalue weighted by atomic mass is 9.62. The predicted octanol–water partition coefficient (Wildman–Crippen LogP) is -1.29. The predicted molar refractivity (Wildman–Crippen MR) is 123 cm³/mol. The molecule has 0 saturated heterocycles. The van der Waals surface area contributed by atoms with Gasteiger partial charge in [-0.1, -0.05) is 6.92 Å². The lowest BCUT2D eigenvalue weighted by molar-refractivity contribution is -0.132. The third-order valence-electron chi connectivity index (χ3n) is 9.38. The maximum absolute atomic E-state index is 11.3. The molecule has 3 rings (SSSR count). The van der Waals surface area contributed by atoms with E-state index < -0.39 is 54.2 Å². The average Bonchev–Trinajstić information content (AvgIpc) is 2.81. The standard InChI is InChI=1S/C25H46O9/c1-12-2-13(4-15-6-17(8-26)24(33)19(10-28)22(15)31)21(30)14(3-12)5-16-7-18(9-27)25(34)20(11-29)23(16)32/h12-34H,2-11H2,1H3. The summed E-state index contributed by atoms with van der Waals surface area (Å²) >= 11 is 0. The highest BCUT2D eigenvalue weighted by Crippen LogP contribution is 2.46. The summed E-state index contributed by atoms with van der Waals surface area (Å²) in [6, 6.07) is 0. The van der Waals surface area contributed by atoms with Crippen LogP contribution in [0.15, 0.2) is 0 Å². The molecule has 0 heterocycles. The lowest BCUT2D eigenvalue weighted by Crippen LogP contribution is -2.52. The van der Waals surface area contributed by atoms with E-state index in [0.29, 0.717) is 31.6 Å². The Kier molecular flexibility index (Phi) is 10.2. The Labute approximate surface area is 202 Å². The second-order valence-corrected chi connectivity index (χ2v) is 11.6. The van der Waals surface area contributed by atoms with Gasteiger partial charge in [0.25, 0.3) is 0 Å². The van der Waals surface area contributed by atoms with Crippen LogP contribution >= 0.6 is 0 Å². The van der Waals surface area contributed by atoms with Gasteiger partial charge in [-0.25, -0.2) is 0 Å². The fourth-order valence-electron chi connectivity index (χ4n) is 7.45. The molecule has 0 aromatic heterocycles. The van der Waals surface area contributed by atoms with E-state index in [9.17, 15) is 46.0 Å². The molecule has 9 heteroatoms. The van der Waals surface area contributed by atoms with Crippen LogP contribution in [0.2, 0.25) is 0 Å². The fourth-order valence-corrected chi connectivity index (χ4v) is 7.45. The van der Waals surface area contributed by atoms with Crippen LogP contribution in [-0.2, 0) is 0 Å². The van der Waals surface area contributed by atoms with E-state index in [1.54, 1.807) is 0 Å². The molecular formula is C25H46O9. The first kappa shape index (κ1) is 28.2. The van der Waals surface area contributed by atoms with Gasteiger partial charge in [-0.15, -0.1) is 0 Å². The maximum atomic E-state index is 11.3. The first-order chi connectivity index (χ1) is 16.2. The highest BCUT2D eigenvalue weighted by Gasteiger charge is 2.47. The Morgan fingerprint density at radius 1 is 0.441 bits per heavy atom. The van der Waals surface area contributed by atoms with Gasteiger partial charge >= 0.3 is 0 Å². The lowest BCUT2D eigenvalue weighted by Gasteiger charge is -2.47. The largest absolute Gasteiger partial charge is 0.396 e. The van der Waals surface area contributed by atoms with Crippen molar-refractivity contribution in [1.82, 2.24) is 0 Å². The molecule has 3 aliphatic carbocycles. The summed E-state index contributed by atoms with van der Waals surface area (Å²) in [4.78, 5) is 0. The van der Waals surface area contributed by atoms with Crippen LogP contribution in [0, 0.1) is 53.3 Å². The van der Waals surface area contributed by atoms with Crippen molar-refractivity contribution < 1.29 is 46.0 Å². The summed E-state index contributed by atoms with van der Waals surface area (Å²) in [7, 11) is 0. The number of rotatable bonds is 8. The Hall–Kier alpha value is -0.360. The Balaban J connectivity index is 1.70. The molecule has 34 heavy (non-hydrogen) atoms. The number of aliphatic hydroxyl groups excluding tert-OH is 9. The normalized spacial score (nSPS) is 50.3. The molecule has 12 atom stereocenters. The monoisotopic (exact) mass is 490 g/mol. The number of hydrogen-bond donors (Lipinski definition) is 9. The van der Waals surface area contributed by atoms with Gasteiger partial charge in [0, 0.05) is 36.9 Å². The van der Waals surface area contributed by atoms with Gasteiger partial charge in [-0.3, -0.25) is 0 Å². The van der Waals surface area contributed by atoms with Gasteiger partial charge in [-0.05, 0) is 68.1 Å². The second-order valence-electron chi connectivity index (χ2n) is 11.6. The van der Waals surface area contributed by atoms with Gasteiger partial charge in [0.2, 0.25) is 0 Å². The van der Waals surface area contributed by atoms with Crippen molar-refractivity contribution in [2.45, 2.75) is 76.0 Å². The quantitative estimate of drug-likeness (QED) is 0.200. The average molecular weight is 491 g/mol. The molecule has 0 spiro atoms. The van der Waals surface area contributed by atoms with Crippen LogP contribution < -0.4 is 0 Å². The highest BCUT2D eigenvalue weighted by atomic mass is 16.3. The van der Waals surface area contributed by atoms with E-state index in [4.69, 9.17) is 0 Å². The van der Waals surface area contributed by atoms with E-state index in [1.807, 2.05) is 0 Å². The highest BCUT2D eigenvalue weighted by molar-refractivity contribution is 4.97. The molecule has 3 saturated carbocycles. The van der Waals surface area contributed by atoms with Crippen molar-refractivity contribution in [2.24, 2.45) is 53.3 Å². The van der Waals surface area contributed by atoms with Crippen LogP contribution in [0.1, 0.15) is 45.4 Å². The second kappa shape index (κ2) is 12.3. The first-order valence-electron chi connectivity index (χ1n) is 13.0. The van der Waals surface area contributed by atoms with E-state index in [2.05, 4.69) is 6.92 Å². The van der Waals surface area contributed by atoms with E-state index in [-0.39, 0.29) is 50.1 Å². The minimum absolute atomic E-state index is 0.101. The third-order valence-corrected chi connectivity index (χ3v) is 9.38. The molecule has 0 aromatic carbocycles. The van der Waals surface area contributed by atoms with Crippen molar-refractivity contribution in [3.8, 4) is 0 Å². The SMILES string of the molecule is CC1CC(CC2CC(CO)C(O)C(CO)C2O)C(O)C(CC2CC(CO)C(O)C(CO)C2O)C1. The number of hydrogen-bond acceptors (Lipinski definition) is 9. The molecule has 0 amide bonds. The van der Waals surface area contributed by atoms with Crippen molar-refractivity contribution in [1.29, 1.82) is 0 Å². The smallest absolute Gasteiger partial charge is 0.0665 e. The van der Waals surface area contributed by atoms with E-state index >= 15 is 0 Å². The molecule has 0 bridgehead atoms. The van der Waals surface area contributed by atoms with Crippen LogP contribution in [0.25, 0.3) is 0 Å².